The Morgan fingerprint density at radius 1 is 1.40 bits per heavy atom. The number of H-pyrrole nitrogens is 1. The van der Waals surface area contributed by atoms with Gasteiger partial charge < -0.3 is 25.0 Å². The number of ether oxygens (including phenoxy) is 1. The molecule has 7 nitrogen and oxygen atoms in total. The third-order valence-electron chi connectivity index (χ3n) is 4.42. The summed E-state index contributed by atoms with van der Waals surface area (Å²) in [5.74, 6) is 0.00627. The van der Waals surface area contributed by atoms with Crippen LogP contribution in [-0.2, 0) is 4.74 Å². The number of thiocarbonyl (C=S) groups is 1. The van der Waals surface area contributed by atoms with Gasteiger partial charge in [-0.2, -0.15) is 0 Å². The van der Waals surface area contributed by atoms with E-state index in [9.17, 15) is 5.11 Å². The molecule has 0 saturated carbocycles. The van der Waals surface area contributed by atoms with E-state index in [1.165, 1.54) is 0 Å². The first-order chi connectivity index (χ1) is 12.1. The van der Waals surface area contributed by atoms with E-state index in [4.69, 9.17) is 17.0 Å². The topological polar surface area (TPSA) is 86.4 Å². The molecule has 25 heavy (non-hydrogen) atoms. The number of benzene rings is 1. The first-order valence-corrected chi connectivity index (χ1v) is 8.97. The van der Waals surface area contributed by atoms with Crippen LogP contribution in [0.5, 0.6) is 5.88 Å². The lowest BCUT2D eigenvalue weighted by Crippen LogP contribution is -3.14. The number of aryl methyl sites for hydroxylation is 1. The number of azo groups is 1. The standard InChI is InChI=1S/C17H23N5O2S/c1-12-4-2-5-13-14(12)19-16(23)15(13)20-21-17(25)18-6-3-7-22-8-10-24-11-9-22/h2,4-5,19,23H,3,6-11H2,1H3,(H,18,25)/p+1. The van der Waals surface area contributed by atoms with Crippen molar-refractivity contribution in [3.63, 3.8) is 0 Å². The molecule has 3 rings (SSSR count). The largest absolute Gasteiger partial charge is 0.493 e. The maximum Gasteiger partial charge on any atom is 0.218 e. The molecule has 1 aliphatic heterocycles. The van der Waals surface area contributed by atoms with Crippen LogP contribution in [0.15, 0.2) is 28.4 Å². The molecule has 1 aromatic heterocycles. The number of aromatic amines is 1. The van der Waals surface area contributed by atoms with Crippen LogP contribution < -0.4 is 10.2 Å². The van der Waals surface area contributed by atoms with Crippen molar-refractivity contribution in [3.05, 3.63) is 23.8 Å². The SMILES string of the molecule is Cc1cccc2c(N=NC(=S)NCCC[NH+]3CCOCC3)c(O)[nH]c12. The van der Waals surface area contributed by atoms with Crippen LogP contribution in [0.1, 0.15) is 12.0 Å². The minimum Gasteiger partial charge on any atom is -0.493 e. The Kier molecular flexibility index (Phi) is 5.95. The summed E-state index contributed by atoms with van der Waals surface area (Å²) in [4.78, 5) is 4.50. The van der Waals surface area contributed by atoms with Crippen LogP contribution in [0, 0.1) is 6.92 Å². The second-order valence-electron chi connectivity index (χ2n) is 6.22. The number of hydrogen-bond acceptors (Lipinski definition) is 4. The van der Waals surface area contributed by atoms with E-state index in [0.29, 0.717) is 10.8 Å². The van der Waals surface area contributed by atoms with Gasteiger partial charge in [0.25, 0.3) is 0 Å². The number of morpholine rings is 1. The van der Waals surface area contributed by atoms with Gasteiger partial charge >= 0.3 is 0 Å². The Bertz CT molecular complexity index is 768. The summed E-state index contributed by atoms with van der Waals surface area (Å²) in [6, 6.07) is 5.80. The third-order valence-corrected chi connectivity index (χ3v) is 4.65. The number of aromatic hydroxyl groups is 1. The summed E-state index contributed by atoms with van der Waals surface area (Å²) in [6.45, 7) is 7.68. The molecule has 1 saturated heterocycles. The van der Waals surface area contributed by atoms with E-state index in [2.05, 4.69) is 20.5 Å². The molecule has 0 bridgehead atoms. The predicted molar refractivity (Wildman–Crippen MR) is 101 cm³/mol. The average Bonchev–Trinajstić information content (AvgIpc) is 2.95. The van der Waals surface area contributed by atoms with Gasteiger partial charge in [0.2, 0.25) is 11.0 Å². The van der Waals surface area contributed by atoms with Crippen molar-refractivity contribution in [2.75, 3.05) is 39.4 Å². The summed E-state index contributed by atoms with van der Waals surface area (Å²) in [5.41, 5.74) is 2.32. The zero-order valence-corrected chi connectivity index (χ0v) is 15.2. The zero-order chi connectivity index (χ0) is 17.6. The van der Waals surface area contributed by atoms with Gasteiger partial charge in [-0.25, -0.2) is 0 Å². The van der Waals surface area contributed by atoms with Crippen LogP contribution in [0.4, 0.5) is 5.69 Å². The van der Waals surface area contributed by atoms with Gasteiger partial charge in [-0.05, 0) is 24.7 Å². The summed E-state index contributed by atoms with van der Waals surface area (Å²) < 4.78 is 5.35. The molecule has 2 aromatic rings. The van der Waals surface area contributed by atoms with Gasteiger partial charge in [-0.15, -0.1) is 10.2 Å². The molecule has 0 amide bonds. The van der Waals surface area contributed by atoms with E-state index in [1.54, 1.807) is 4.90 Å². The first-order valence-electron chi connectivity index (χ1n) is 8.56. The molecule has 134 valence electrons. The quantitative estimate of drug-likeness (QED) is 0.368. The molecule has 0 spiro atoms. The Morgan fingerprint density at radius 3 is 3.00 bits per heavy atom. The van der Waals surface area contributed by atoms with Gasteiger partial charge in [0, 0.05) is 18.4 Å². The smallest absolute Gasteiger partial charge is 0.218 e. The highest BCUT2D eigenvalue weighted by atomic mass is 32.1. The normalized spacial score (nSPS) is 15.9. The lowest BCUT2D eigenvalue weighted by molar-refractivity contribution is -0.908. The lowest BCUT2D eigenvalue weighted by atomic mass is 10.1. The van der Waals surface area contributed by atoms with E-state index in [1.807, 2.05) is 25.1 Å². The summed E-state index contributed by atoms with van der Waals surface area (Å²) in [5, 5.41) is 22.5. The fourth-order valence-corrected chi connectivity index (χ4v) is 3.15. The monoisotopic (exact) mass is 362 g/mol. The highest BCUT2D eigenvalue weighted by Gasteiger charge is 2.13. The predicted octanol–water partition coefficient (Wildman–Crippen LogP) is 1.45. The maximum atomic E-state index is 10.0. The van der Waals surface area contributed by atoms with Crippen molar-refractivity contribution in [1.29, 1.82) is 0 Å². The lowest BCUT2D eigenvalue weighted by Gasteiger charge is -2.23. The minimum absolute atomic E-state index is 0.00627. The van der Waals surface area contributed by atoms with Crippen LogP contribution >= 0.6 is 12.2 Å². The second kappa shape index (κ2) is 8.37. The highest BCUT2D eigenvalue weighted by Crippen LogP contribution is 2.36. The molecule has 8 heteroatoms. The third kappa shape index (κ3) is 4.53. The Hall–Kier alpha value is -2.03. The molecule has 0 radical (unpaired) electrons. The molecule has 2 heterocycles. The zero-order valence-electron chi connectivity index (χ0n) is 14.3. The Labute approximate surface area is 152 Å². The van der Waals surface area contributed by atoms with Crippen molar-refractivity contribution in [2.45, 2.75) is 13.3 Å². The number of hydrogen-bond donors (Lipinski definition) is 4. The molecule has 0 atom stereocenters. The Balaban J connectivity index is 1.51. The van der Waals surface area contributed by atoms with Gasteiger partial charge in [0.1, 0.15) is 13.1 Å². The fourth-order valence-electron chi connectivity index (χ4n) is 3.01. The fraction of sp³-hybridized carbons (Fsp3) is 0.471. The van der Waals surface area contributed by atoms with E-state index >= 15 is 0 Å². The number of rotatable bonds is 5. The van der Waals surface area contributed by atoms with E-state index in [0.717, 1.165) is 62.3 Å². The molecule has 0 unspecified atom stereocenters. The highest BCUT2D eigenvalue weighted by molar-refractivity contribution is 7.80. The maximum absolute atomic E-state index is 10.0. The van der Waals surface area contributed by atoms with Crippen molar-refractivity contribution in [1.82, 2.24) is 10.3 Å². The van der Waals surface area contributed by atoms with E-state index in [-0.39, 0.29) is 5.88 Å². The molecular weight excluding hydrogens is 338 g/mol. The second-order valence-corrected chi connectivity index (χ2v) is 6.60. The van der Waals surface area contributed by atoms with Crippen LogP contribution in [0.25, 0.3) is 10.9 Å². The van der Waals surface area contributed by atoms with Crippen molar-refractivity contribution < 1.29 is 14.7 Å². The van der Waals surface area contributed by atoms with Crippen molar-refractivity contribution >= 4 is 33.9 Å². The molecule has 0 aliphatic carbocycles. The summed E-state index contributed by atoms with van der Waals surface area (Å²) >= 11 is 5.20. The van der Waals surface area contributed by atoms with Crippen molar-refractivity contribution in [3.8, 4) is 5.88 Å². The molecule has 1 aromatic carbocycles. The molecular formula is C17H24N5O2S+. The van der Waals surface area contributed by atoms with Crippen LogP contribution in [0.3, 0.4) is 0 Å². The van der Waals surface area contributed by atoms with Gasteiger partial charge in [-0.1, -0.05) is 18.2 Å². The van der Waals surface area contributed by atoms with Gasteiger partial charge in [0.15, 0.2) is 5.69 Å². The van der Waals surface area contributed by atoms with Crippen LogP contribution in [-0.4, -0.2) is 54.6 Å². The van der Waals surface area contributed by atoms with Gasteiger partial charge in [0.05, 0.1) is 25.3 Å². The van der Waals surface area contributed by atoms with Crippen molar-refractivity contribution in [2.24, 2.45) is 10.2 Å². The van der Waals surface area contributed by atoms with Gasteiger partial charge in [-0.3, -0.25) is 0 Å². The number of para-hydroxylation sites is 1. The first kappa shape index (κ1) is 17.8. The molecule has 4 N–H and O–H groups in total. The molecule has 1 fully saturated rings. The van der Waals surface area contributed by atoms with Crippen LogP contribution in [0.2, 0.25) is 0 Å². The number of nitrogens with zero attached hydrogens (tertiary/aromatic N) is 2. The minimum atomic E-state index is 0.00627. The molecule has 1 aliphatic rings. The van der Waals surface area contributed by atoms with E-state index < -0.39 is 0 Å². The average molecular weight is 362 g/mol. The number of quaternary nitrogens is 1. The Morgan fingerprint density at radius 2 is 2.20 bits per heavy atom. The number of aromatic nitrogens is 1. The number of fused-ring (bicyclic) bond motifs is 1. The number of nitrogens with one attached hydrogen (secondary N) is 3. The summed E-state index contributed by atoms with van der Waals surface area (Å²) in [6.07, 6.45) is 1.02. The summed E-state index contributed by atoms with van der Waals surface area (Å²) in [7, 11) is 0.